The van der Waals surface area contributed by atoms with E-state index in [2.05, 4.69) is 0 Å². The zero-order valence-electron chi connectivity index (χ0n) is 8.98. The fourth-order valence-electron chi connectivity index (χ4n) is 2.02. The highest BCUT2D eigenvalue weighted by atomic mass is 19.1. The molecule has 0 fully saturated rings. The predicted molar refractivity (Wildman–Crippen MR) is 56.0 cm³/mol. The third kappa shape index (κ3) is 1.57. The van der Waals surface area contributed by atoms with Crippen molar-refractivity contribution in [1.29, 1.82) is 0 Å². The fraction of sp³-hybridized carbons (Fsp3) is 0.273. The van der Waals surface area contributed by atoms with Gasteiger partial charge in [-0.3, -0.25) is 9.59 Å². The van der Waals surface area contributed by atoms with Crippen molar-refractivity contribution in [2.45, 2.75) is 12.0 Å². The normalized spacial score (nSPS) is 22.8. The Balaban J connectivity index is 2.58. The number of carboxylic acid groups (broad SMARTS) is 1. The Kier molecular flexibility index (Phi) is 2.39. The van der Waals surface area contributed by atoms with Crippen LogP contribution in [-0.2, 0) is 15.2 Å². The van der Waals surface area contributed by atoms with E-state index >= 15 is 0 Å². The highest BCUT2D eigenvalue weighted by Gasteiger charge is 2.49. The third-order valence-corrected chi connectivity index (χ3v) is 2.83. The van der Waals surface area contributed by atoms with E-state index in [4.69, 9.17) is 5.11 Å². The third-order valence-electron chi connectivity index (χ3n) is 2.83. The number of halogens is 1. The number of carbonyl (C=O) groups is 2. The van der Waals surface area contributed by atoms with E-state index in [1.165, 1.54) is 13.1 Å². The molecule has 0 spiro atoms. The van der Waals surface area contributed by atoms with Gasteiger partial charge in [0.2, 0.25) is 0 Å². The molecule has 5 nitrogen and oxygen atoms in total. The van der Waals surface area contributed by atoms with Gasteiger partial charge in [-0.2, -0.15) is 0 Å². The van der Waals surface area contributed by atoms with Crippen LogP contribution in [-0.4, -0.2) is 29.1 Å². The minimum Gasteiger partial charge on any atom is -0.481 e. The molecular formula is C11H10FNO4. The zero-order valence-corrected chi connectivity index (χ0v) is 8.98. The number of nitrogens with zero attached hydrogens (tertiary/aromatic N) is 1. The first-order valence-corrected chi connectivity index (χ1v) is 4.88. The monoisotopic (exact) mass is 239 g/mol. The molecule has 2 N–H and O–H groups in total. The Morgan fingerprint density at radius 3 is 2.76 bits per heavy atom. The Morgan fingerprint density at radius 2 is 2.18 bits per heavy atom. The van der Waals surface area contributed by atoms with Crippen molar-refractivity contribution in [2.24, 2.45) is 0 Å². The van der Waals surface area contributed by atoms with Crippen LogP contribution >= 0.6 is 0 Å². The number of aliphatic hydroxyl groups is 1. The highest BCUT2D eigenvalue weighted by molar-refractivity contribution is 6.07. The van der Waals surface area contributed by atoms with Crippen molar-refractivity contribution in [2.75, 3.05) is 11.9 Å². The van der Waals surface area contributed by atoms with Gasteiger partial charge < -0.3 is 15.1 Å². The minimum atomic E-state index is -2.11. The second-order valence-electron chi connectivity index (χ2n) is 3.96. The quantitative estimate of drug-likeness (QED) is 0.786. The molecular weight excluding hydrogens is 229 g/mol. The summed E-state index contributed by atoms with van der Waals surface area (Å²) >= 11 is 0. The van der Waals surface area contributed by atoms with E-state index in [0.29, 0.717) is 0 Å². The molecule has 0 saturated carbocycles. The number of carbonyl (C=O) groups excluding carboxylic acids is 1. The first-order chi connectivity index (χ1) is 7.86. The molecule has 0 saturated heterocycles. The molecule has 90 valence electrons. The molecule has 2 rings (SSSR count). The molecule has 0 aromatic heterocycles. The second kappa shape index (κ2) is 3.53. The van der Waals surface area contributed by atoms with Crippen molar-refractivity contribution in [1.82, 2.24) is 0 Å². The van der Waals surface area contributed by atoms with Crippen LogP contribution < -0.4 is 4.90 Å². The lowest BCUT2D eigenvalue weighted by molar-refractivity contribution is -0.150. The SMILES string of the molecule is CN1C(=O)C(O)(CC(=O)O)c2ccc(F)cc21. The van der Waals surface area contributed by atoms with Gasteiger partial charge in [0.05, 0.1) is 12.1 Å². The van der Waals surface area contributed by atoms with Crippen LogP contribution in [0.2, 0.25) is 0 Å². The summed E-state index contributed by atoms with van der Waals surface area (Å²) in [4.78, 5) is 23.6. The smallest absolute Gasteiger partial charge is 0.307 e. The molecule has 1 aromatic carbocycles. The van der Waals surface area contributed by atoms with Crippen LogP contribution in [0, 0.1) is 5.82 Å². The molecule has 6 heteroatoms. The van der Waals surface area contributed by atoms with Crippen LogP contribution in [0.4, 0.5) is 10.1 Å². The van der Waals surface area contributed by atoms with Gasteiger partial charge in [0, 0.05) is 12.6 Å². The zero-order chi connectivity index (χ0) is 12.8. The van der Waals surface area contributed by atoms with Gasteiger partial charge in [-0.25, -0.2) is 4.39 Å². The van der Waals surface area contributed by atoms with Crippen LogP contribution in [0.1, 0.15) is 12.0 Å². The van der Waals surface area contributed by atoms with Gasteiger partial charge in [-0.1, -0.05) is 6.07 Å². The average Bonchev–Trinajstić information content (AvgIpc) is 2.40. The summed E-state index contributed by atoms with van der Waals surface area (Å²) in [7, 11) is 1.36. The lowest BCUT2D eigenvalue weighted by Crippen LogP contribution is -2.40. The van der Waals surface area contributed by atoms with Crippen LogP contribution in [0.15, 0.2) is 18.2 Å². The number of amides is 1. The van der Waals surface area contributed by atoms with Crippen molar-refractivity contribution in [3.63, 3.8) is 0 Å². The summed E-state index contributed by atoms with van der Waals surface area (Å²) in [6, 6.07) is 3.40. The van der Waals surface area contributed by atoms with Crippen LogP contribution in [0.5, 0.6) is 0 Å². The highest BCUT2D eigenvalue weighted by Crippen LogP contribution is 2.41. The minimum absolute atomic E-state index is 0.119. The van der Waals surface area contributed by atoms with E-state index in [-0.39, 0.29) is 11.3 Å². The number of likely N-dealkylation sites (N-methyl/N-ethyl adjacent to an activating group) is 1. The molecule has 0 aliphatic carbocycles. The number of hydrogen-bond donors (Lipinski definition) is 2. The number of carboxylic acids is 1. The number of benzene rings is 1. The molecule has 1 unspecified atom stereocenters. The molecule has 1 heterocycles. The maximum Gasteiger partial charge on any atom is 0.307 e. The van der Waals surface area contributed by atoms with Crippen LogP contribution in [0.3, 0.4) is 0 Å². The molecule has 1 aliphatic heterocycles. The Hall–Kier alpha value is -1.95. The Bertz CT molecular complexity index is 516. The largest absolute Gasteiger partial charge is 0.481 e. The summed E-state index contributed by atoms with van der Waals surface area (Å²) in [5.74, 6) is -2.62. The van der Waals surface area contributed by atoms with Crippen molar-refractivity contribution >= 4 is 17.6 Å². The van der Waals surface area contributed by atoms with E-state index in [1.54, 1.807) is 0 Å². The molecule has 0 bridgehead atoms. The topological polar surface area (TPSA) is 77.8 Å². The molecule has 1 atom stereocenters. The number of anilines is 1. The van der Waals surface area contributed by atoms with Crippen molar-refractivity contribution < 1.29 is 24.2 Å². The van der Waals surface area contributed by atoms with Gasteiger partial charge in [-0.05, 0) is 12.1 Å². The van der Waals surface area contributed by atoms with Crippen LogP contribution in [0.25, 0.3) is 0 Å². The van der Waals surface area contributed by atoms with E-state index < -0.39 is 29.7 Å². The number of hydrogen-bond acceptors (Lipinski definition) is 3. The molecule has 1 aliphatic rings. The van der Waals surface area contributed by atoms with E-state index in [0.717, 1.165) is 17.0 Å². The summed E-state index contributed by atoms with van der Waals surface area (Å²) < 4.78 is 13.0. The summed E-state index contributed by atoms with van der Waals surface area (Å²) in [5, 5.41) is 18.9. The first-order valence-electron chi connectivity index (χ1n) is 4.88. The Labute approximate surface area is 96.1 Å². The first kappa shape index (κ1) is 11.5. The van der Waals surface area contributed by atoms with Gasteiger partial charge in [0.25, 0.3) is 5.91 Å². The number of fused-ring (bicyclic) bond motifs is 1. The summed E-state index contributed by atoms with van der Waals surface area (Å²) in [6.45, 7) is 0. The van der Waals surface area contributed by atoms with E-state index in [9.17, 15) is 19.1 Å². The predicted octanol–water partition coefficient (Wildman–Crippen LogP) is 0.464. The molecule has 1 aromatic rings. The summed E-state index contributed by atoms with van der Waals surface area (Å²) in [6.07, 6.45) is -0.741. The molecule has 0 radical (unpaired) electrons. The van der Waals surface area contributed by atoms with Gasteiger partial charge >= 0.3 is 5.97 Å². The maximum atomic E-state index is 13.0. The number of aliphatic carboxylic acids is 1. The van der Waals surface area contributed by atoms with Gasteiger partial charge in [0.1, 0.15) is 5.82 Å². The van der Waals surface area contributed by atoms with Crippen molar-refractivity contribution in [3.05, 3.63) is 29.6 Å². The molecule has 1 amide bonds. The van der Waals surface area contributed by atoms with Crippen molar-refractivity contribution in [3.8, 4) is 0 Å². The summed E-state index contributed by atoms with van der Waals surface area (Å²) in [5.41, 5.74) is -1.79. The maximum absolute atomic E-state index is 13.0. The molecule has 17 heavy (non-hydrogen) atoms. The van der Waals surface area contributed by atoms with E-state index in [1.807, 2.05) is 0 Å². The lowest BCUT2D eigenvalue weighted by atomic mass is 9.92. The van der Waals surface area contributed by atoms with Gasteiger partial charge in [-0.15, -0.1) is 0 Å². The number of rotatable bonds is 2. The fourth-order valence-corrected chi connectivity index (χ4v) is 2.02. The van der Waals surface area contributed by atoms with Gasteiger partial charge in [0.15, 0.2) is 5.60 Å². The Morgan fingerprint density at radius 1 is 1.53 bits per heavy atom. The average molecular weight is 239 g/mol. The second-order valence-corrected chi connectivity index (χ2v) is 3.96. The standard InChI is InChI=1S/C11H10FNO4/c1-13-8-4-6(12)2-3-7(8)11(17,10(13)16)5-9(14)15/h2-4,17H,5H2,1H3,(H,14,15). The lowest BCUT2D eigenvalue weighted by Gasteiger charge is -2.19.